The van der Waals surface area contributed by atoms with E-state index in [1.54, 1.807) is 34.3 Å². The van der Waals surface area contributed by atoms with Gasteiger partial charge < -0.3 is 0 Å². The van der Waals surface area contributed by atoms with Gasteiger partial charge in [0.25, 0.3) is 0 Å². The van der Waals surface area contributed by atoms with Gasteiger partial charge in [-0.05, 0) is 0 Å². The predicted octanol–water partition coefficient (Wildman–Crippen LogP) is 10.1. The zero-order valence-corrected chi connectivity index (χ0v) is 24.9. The summed E-state index contributed by atoms with van der Waals surface area (Å²) in [5.41, 5.74) is 0. The van der Waals surface area contributed by atoms with Crippen molar-refractivity contribution in [3.8, 4) is 0 Å². The number of benzene rings is 1. The first kappa shape index (κ1) is 25.8. The summed E-state index contributed by atoms with van der Waals surface area (Å²) in [7, 11) is 0. The summed E-state index contributed by atoms with van der Waals surface area (Å²) in [5, 5.41) is 4.71. The summed E-state index contributed by atoms with van der Waals surface area (Å²) in [5.74, 6) is 0. The van der Waals surface area contributed by atoms with E-state index in [0.717, 1.165) is 0 Å². The van der Waals surface area contributed by atoms with Crippen LogP contribution in [-0.4, -0.2) is 29.0 Å². The zero-order chi connectivity index (χ0) is 22.7. The van der Waals surface area contributed by atoms with Crippen molar-refractivity contribution in [2.24, 2.45) is 0 Å². The van der Waals surface area contributed by atoms with Gasteiger partial charge in [-0.1, -0.05) is 71.1 Å². The van der Waals surface area contributed by atoms with E-state index in [1.807, 2.05) is 0 Å². The molecule has 33 heavy (non-hydrogen) atoms. The molecule has 1 aromatic carbocycles. The van der Waals surface area contributed by atoms with Gasteiger partial charge in [0.2, 0.25) is 0 Å². The van der Waals surface area contributed by atoms with Gasteiger partial charge in [0.1, 0.15) is 0 Å². The van der Waals surface area contributed by atoms with E-state index >= 15 is 0 Å². The molecule has 0 saturated heterocycles. The number of hydrogen-bond donors (Lipinski definition) is 0. The van der Waals surface area contributed by atoms with E-state index < -0.39 is 0 Å². The van der Waals surface area contributed by atoms with Gasteiger partial charge in [0.05, 0.1) is 0 Å². The summed E-state index contributed by atoms with van der Waals surface area (Å²) in [6.45, 7) is 2.30. The molecule has 180 valence electrons. The number of hydrogen-bond acceptors (Lipinski definition) is 1. The molecule has 0 aliphatic carbocycles. The Morgan fingerprint density at radius 3 is 1.64 bits per heavy atom. The fourth-order valence-corrected chi connectivity index (χ4v) is 11.2. The number of aryl methyl sites for hydroxylation is 1. The van der Waals surface area contributed by atoms with Gasteiger partial charge in [0.15, 0.2) is 0 Å². The molecule has 0 bridgehead atoms. The summed E-state index contributed by atoms with van der Waals surface area (Å²) in [4.78, 5) is 6.48. The molecule has 0 N–H and O–H groups in total. The van der Waals surface area contributed by atoms with Crippen LogP contribution in [0.15, 0.2) is 28.1 Å². The topological polar surface area (TPSA) is 0 Å². The van der Waals surface area contributed by atoms with E-state index in [4.69, 9.17) is 0 Å². The van der Waals surface area contributed by atoms with Gasteiger partial charge in [-0.15, -0.1) is 0 Å². The fraction of sp³-hybridized carbons (Fsp3) is 0.600. The van der Waals surface area contributed by atoms with Gasteiger partial charge in [-0.25, -0.2) is 0 Å². The zero-order valence-electron chi connectivity index (χ0n) is 20.6. The minimum atomic E-state index is 0.567. The summed E-state index contributed by atoms with van der Waals surface area (Å²) < 4.78 is 4.97. The average Bonchev–Trinajstić information content (AvgIpc) is 3.56. The molecule has 0 aliphatic heterocycles. The van der Waals surface area contributed by atoms with Crippen LogP contribution in [0.25, 0.3) is 29.4 Å². The molecule has 0 amide bonds. The molecule has 0 spiro atoms. The molecule has 3 aromatic heterocycles. The van der Waals surface area contributed by atoms with E-state index in [-0.39, 0.29) is 0 Å². The first-order valence-corrected chi connectivity index (χ1v) is 18.2. The van der Waals surface area contributed by atoms with Crippen molar-refractivity contribution in [1.29, 1.82) is 0 Å². The summed E-state index contributed by atoms with van der Waals surface area (Å²) in [6.07, 6.45) is 24.4. The third-order valence-corrected chi connectivity index (χ3v) is 12.9. The monoisotopic (exact) mass is 594 g/mol. The second-order valence-electron chi connectivity index (χ2n) is 9.84. The molecule has 3 heteroatoms. The van der Waals surface area contributed by atoms with Crippen LogP contribution >= 0.6 is 11.3 Å². The predicted molar refractivity (Wildman–Crippen MR) is 154 cm³/mol. The number of unbranched alkanes of at least 4 members (excludes halogenated alkanes) is 15. The molecule has 4 rings (SSSR count). The Kier molecular flexibility index (Phi) is 11.2. The molecular weight excluding hydrogens is 550 g/mol. The number of rotatable bonds is 17. The summed E-state index contributed by atoms with van der Waals surface area (Å²) in [6, 6.07) is 7.37. The van der Waals surface area contributed by atoms with Crippen molar-refractivity contribution in [3.63, 3.8) is 0 Å². The summed E-state index contributed by atoms with van der Waals surface area (Å²) >= 11 is 3.22. The molecule has 0 saturated carbocycles. The molecule has 0 nitrogen and oxygen atoms in total. The molecule has 0 fully saturated rings. The van der Waals surface area contributed by atoms with E-state index in [0.29, 0.717) is 29.0 Å². The molecule has 0 aliphatic rings. The van der Waals surface area contributed by atoms with Crippen molar-refractivity contribution in [2.75, 3.05) is 0 Å². The van der Waals surface area contributed by atoms with Crippen molar-refractivity contribution < 1.29 is 0 Å². The standard InChI is InChI=1S/C30H42SSe2/c1-2-3-4-5-6-7-8-9-10-11-12-13-14-15-16-17-18-24-23-27-25-19-21-32-29(25)30-26(20-22-33-30)28(27)31-24/h19-23H,2-18H2,1H3. The van der Waals surface area contributed by atoms with Gasteiger partial charge >= 0.3 is 148 Å². The quantitative estimate of drug-likeness (QED) is 0.0846. The van der Waals surface area contributed by atoms with Crippen molar-refractivity contribution >= 4 is 69.7 Å². The van der Waals surface area contributed by atoms with Gasteiger partial charge in [-0.2, -0.15) is 0 Å². The second kappa shape index (κ2) is 14.3. The maximum absolute atomic E-state index is 2.54. The van der Waals surface area contributed by atoms with E-state index in [1.165, 1.54) is 109 Å². The van der Waals surface area contributed by atoms with Crippen LogP contribution in [0.1, 0.15) is 115 Å². The van der Waals surface area contributed by atoms with Crippen molar-refractivity contribution in [2.45, 2.75) is 116 Å². The van der Waals surface area contributed by atoms with Crippen LogP contribution < -0.4 is 0 Å². The maximum atomic E-state index is 2.54. The van der Waals surface area contributed by atoms with Crippen LogP contribution in [-0.2, 0) is 6.42 Å². The molecule has 4 aromatic rings. The molecule has 0 atom stereocenters. The molecule has 3 heterocycles. The third kappa shape index (κ3) is 7.34. The molecule has 0 radical (unpaired) electrons. The molecule has 0 unspecified atom stereocenters. The van der Waals surface area contributed by atoms with E-state index in [9.17, 15) is 0 Å². The third-order valence-electron chi connectivity index (χ3n) is 7.13. The van der Waals surface area contributed by atoms with E-state index in [2.05, 4.69) is 46.3 Å². The average molecular weight is 593 g/mol. The van der Waals surface area contributed by atoms with Crippen LogP contribution in [0.2, 0.25) is 0 Å². The normalized spacial score (nSPS) is 12.0. The minimum absolute atomic E-state index is 0.567. The fourth-order valence-electron chi connectivity index (χ4n) is 5.17. The Bertz CT molecular complexity index is 1020. The second-order valence-corrected chi connectivity index (χ2v) is 14.8. The van der Waals surface area contributed by atoms with Crippen molar-refractivity contribution in [3.05, 3.63) is 33.0 Å². The van der Waals surface area contributed by atoms with Gasteiger partial charge in [-0.3, -0.25) is 0 Å². The number of thiophene rings is 1. The van der Waals surface area contributed by atoms with Crippen molar-refractivity contribution in [1.82, 2.24) is 0 Å². The SMILES string of the molecule is CCCCCCCCCCCCCCCCCCc1cc2c3cc[se]c3c3[se]ccc3c2s1. The Hall–Kier alpha value is -0.301. The van der Waals surface area contributed by atoms with Crippen LogP contribution in [0.5, 0.6) is 0 Å². The Morgan fingerprint density at radius 2 is 1.06 bits per heavy atom. The Balaban J connectivity index is 1.06. The Labute approximate surface area is 217 Å². The number of fused-ring (bicyclic) bond motifs is 6. The van der Waals surface area contributed by atoms with Crippen LogP contribution in [0.4, 0.5) is 0 Å². The Morgan fingerprint density at radius 1 is 0.576 bits per heavy atom. The first-order chi connectivity index (χ1) is 16.4. The first-order valence-electron chi connectivity index (χ1n) is 13.7. The van der Waals surface area contributed by atoms with Crippen LogP contribution in [0, 0.1) is 0 Å². The van der Waals surface area contributed by atoms with Gasteiger partial charge in [0, 0.05) is 0 Å². The van der Waals surface area contributed by atoms with Crippen LogP contribution in [0.3, 0.4) is 0 Å². The molecular formula is C30H42SSe2.